The number of nitrogens with one attached hydrogen (secondary N) is 1. The largest absolute Gasteiger partial charge is 0.465 e. The Kier molecular flexibility index (Phi) is 4.29. The van der Waals surface area contributed by atoms with Gasteiger partial charge in [-0.1, -0.05) is 12.2 Å². The Morgan fingerprint density at radius 3 is 3.12 bits per heavy atom. The first-order valence-corrected chi connectivity index (χ1v) is 7.05. The Hall–Kier alpha value is -0.480. The quantitative estimate of drug-likeness (QED) is 0.605. The average molecular weight is 241 g/mol. The third kappa shape index (κ3) is 2.80. The lowest BCUT2D eigenvalue weighted by Crippen LogP contribution is -2.40. The van der Waals surface area contributed by atoms with E-state index in [1.807, 2.05) is 18.7 Å². The molecule has 1 aliphatic carbocycles. The van der Waals surface area contributed by atoms with E-state index in [-0.39, 0.29) is 12.0 Å². The number of allylic oxidation sites excluding steroid dienone is 2. The van der Waals surface area contributed by atoms with Gasteiger partial charge in [-0.25, -0.2) is 0 Å². The van der Waals surface area contributed by atoms with Crippen LogP contribution in [0.25, 0.3) is 0 Å². The van der Waals surface area contributed by atoms with Crippen molar-refractivity contribution in [2.75, 3.05) is 12.4 Å². The molecule has 1 fully saturated rings. The second-order valence-electron chi connectivity index (χ2n) is 4.27. The highest BCUT2D eigenvalue weighted by atomic mass is 32.2. The first-order chi connectivity index (χ1) is 7.81. The lowest BCUT2D eigenvalue weighted by Gasteiger charge is -2.24. The molecule has 1 heterocycles. The van der Waals surface area contributed by atoms with Crippen LogP contribution in [-0.4, -0.2) is 29.7 Å². The number of ether oxygens (including phenoxy) is 1. The van der Waals surface area contributed by atoms with Crippen LogP contribution in [-0.2, 0) is 9.53 Å². The van der Waals surface area contributed by atoms with Crippen molar-refractivity contribution in [3.8, 4) is 0 Å². The SMILES string of the molecule is CCOC(=O)[C@@H]1CS[C@@H]([C@@H]2CC=CCC2)N1. The van der Waals surface area contributed by atoms with Gasteiger partial charge in [0.05, 0.1) is 12.0 Å². The van der Waals surface area contributed by atoms with Crippen molar-refractivity contribution >= 4 is 17.7 Å². The summed E-state index contributed by atoms with van der Waals surface area (Å²) < 4.78 is 5.03. The fourth-order valence-corrected chi connectivity index (χ4v) is 3.65. The van der Waals surface area contributed by atoms with Gasteiger partial charge in [-0.15, -0.1) is 11.8 Å². The number of carbonyl (C=O) groups excluding carboxylic acids is 1. The van der Waals surface area contributed by atoms with Crippen molar-refractivity contribution in [2.45, 2.75) is 37.6 Å². The molecule has 0 unspecified atom stereocenters. The Bertz CT molecular complexity index is 280. The van der Waals surface area contributed by atoms with E-state index in [4.69, 9.17) is 4.74 Å². The summed E-state index contributed by atoms with van der Waals surface area (Å²) in [7, 11) is 0. The summed E-state index contributed by atoms with van der Waals surface area (Å²) in [6.45, 7) is 2.32. The van der Waals surface area contributed by atoms with Gasteiger partial charge in [-0.05, 0) is 32.1 Å². The normalized spacial score (nSPS) is 33.9. The van der Waals surface area contributed by atoms with Crippen molar-refractivity contribution in [2.24, 2.45) is 5.92 Å². The van der Waals surface area contributed by atoms with Gasteiger partial charge in [0.25, 0.3) is 0 Å². The van der Waals surface area contributed by atoms with Crippen molar-refractivity contribution < 1.29 is 9.53 Å². The van der Waals surface area contributed by atoms with Gasteiger partial charge in [0.2, 0.25) is 0 Å². The lowest BCUT2D eigenvalue weighted by molar-refractivity contribution is -0.144. The predicted octanol–water partition coefficient (Wildman–Crippen LogP) is 1.94. The van der Waals surface area contributed by atoms with E-state index >= 15 is 0 Å². The Morgan fingerprint density at radius 1 is 1.56 bits per heavy atom. The minimum atomic E-state index is -0.0964. The molecular weight excluding hydrogens is 222 g/mol. The molecule has 0 aromatic carbocycles. The summed E-state index contributed by atoms with van der Waals surface area (Å²) in [4.78, 5) is 11.6. The Balaban J connectivity index is 1.83. The fourth-order valence-electron chi connectivity index (χ4n) is 2.24. The lowest BCUT2D eigenvalue weighted by atomic mass is 9.94. The maximum atomic E-state index is 11.6. The Morgan fingerprint density at radius 2 is 2.44 bits per heavy atom. The molecule has 0 aromatic heterocycles. The Labute approximate surface area is 101 Å². The molecule has 16 heavy (non-hydrogen) atoms. The van der Waals surface area contributed by atoms with E-state index in [9.17, 15) is 4.79 Å². The average Bonchev–Trinajstić information content (AvgIpc) is 2.80. The van der Waals surface area contributed by atoms with E-state index in [0.29, 0.717) is 17.9 Å². The van der Waals surface area contributed by atoms with Crippen LogP contribution in [0.5, 0.6) is 0 Å². The van der Waals surface area contributed by atoms with Gasteiger partial charge in [0, 0.05) is 5.75 Å². The first-order valence-electron chi connectivity index (χ1n) is 6.00. The molecule has 1 N–H and O–H groups in total. The smallest absolute Gasteiger partial charge is 0.324 e. The van der Waals surface area contributed by atoms with E-state index in [1.165, 1.54) is 12.8 Å². The van der Waals surface area contributed by atoms with Crippen LogP contribution in [0.15, 0.2) is 12.2 Å². The van der Waals surface area contributed by atoms with Crippen molar-refractivity contribution in [3.63, 3.8) is 0 Å². The number of thioether (sulfide) groups is 1. The van der Waals surface area contributed by atoms with Crippen LogP contribution in [0.4, 0.5) is 0 Å². The number of hydrogen-bond acceptors (Lipinski definition) is 4. The molecule has 1 aliphatic heterocycles. The molecule has 0 saturated carbocycles. The molecule has 0 aromatic rings. The third-order valence-corrected chi connectivity index (χ3v) is 4.52. The maximum absolute atomic E-state index is 11.6. The highest BCUT2D eigenvalue weighted by molar-refractivity contribution is 8.00. The number of carbonyl (C=O) groups is 1. The maximum Gasteiger partial charge on any atom is 0.324 e. The zero-order valence-corrected chi connectivity index (χ0v) is 10.5. The summed E-state index contributed by atoms with van der Waals surface area (Å²) >= 11 is 1.87. The standard InChI is InChI=1S/C12H19NO2S/c1-2-15-12(14)10-8-16-11(13-10)9-6-4-3-5-7-9/h3-4,9-11,13H,2,5-8H2,1H3/t9-,10+,11+/m1/s1. The van der Waals surface area contributed by atoms with Gasteiger partial charge < -0.3 is 4.74 Å². The number of hydrogen-bond donors (Lipinski definition) is 1. The second kappa shape index (κ2) is 5.73. The molecule has 3 atom stereocenters. The summed E-state index contributed by atoms with van der Waals surface area (Å²) in [5.74, 6) is 1.43. The molecule has 0 bridgehead atoms. The summed E-state index contributed by atoms with van der Waals surface area (Å²) in [5, 5.41) is 3.83. The highest BCUT2D eigenvalue weighted by Crippen LogP contribution is 2.32. The van der Waals surface area contributed by atoms with Gasteiger partial charge in [-0.2, -0.15) is 0 Å². The van der Waals surface area contributed by atoms with Gasteiger partial charge in [-0.3, -0.25) is 10.1 Å². The molecule has 0 radical (unpaired) electrons. The minimum absolute atomic E-state index is 0.0937. The summed E-state index contributed by atoms with van der Waals surface area (Å²) in [6.07, 6.45) is 8.05. The second-order valence-corrected chi connectivity index (χ2v) is 5.44. The van der Waals surface area contributed by atoms with Crippen molar-refractivity contribution in [1.29, 1.82) is 0 Å². The third-order valence-electron chi connectivity index (χ3n) is 3.12. The van der Waals surface area contributed by atoms with Gasteiger partial charge >= 0.3 is 5.97 Å². The van der Waals surface area contributed by atoms with Crippen LogP contribution in [0.3, 0.4) is 0 Å². The van der Waals surface area contributed by atoms with E-state index in [2.05, 4.69) is 17.5 Å². The van der Waals surface area contributed by atoms with E-state index in [0.717, 1.165) is 12.2 Å². The zero-order chi connectivity index (χ0) is 11.4. The van der Waals surface area contributed by atoms with Crippen molar-refractivity contribution in [3.05, 3.63) is 12.2 Å². The van der Waals surface area contributed by atoms with Crippen LogP contribution >= 0.6 is 11.8 Å². The van der Waals surface area contributed by atoms with Gasteiger partial charge in [0.1, 0.15) is 6.04 Å². The van der Waals surface area contributed by atoms with E-state index in [1.54, 1.807) is 0 Å². The zero-order valence-electron chi connectivity index (χ0n) is 9.65. The topological polar surface area (TPSA) is 38.3 Å². The van der Waals surface area contributed by atoms with Crippen molar-refractivity contribution in [1.82, 2.24) is 5.32 Å². The molecule has 90 valence electrons. The fraction of sp³-hybridized carbons (Fsp3) is 0.750. The molecule has 4 heteroatoms. The molecule has 3 nitrogen and oxygen atoms in total. The van der Waals surface area contributed by atoms with E-state index < -0.39 is 0 Å². The predicted molar refractivity (Wildman–Crippen MR) is 66.3 cm³/mol. The molecule has 0 amide bonds. The number of rotatable bonds is 3. The van der Waals surface area contributed by atoms with Gasteiger partial charge in [0.15, 0.2) is 0 Å². The van der Waals surface area contributed by atoms with Crippen LogP contribution in [0.2, 0.25) is 0 Å². The molecule has 2 rings (SSSR count). The first kappa shape index (κ1) is 12.0. The molecule has 1 saturated heterocycles. The molecular formula is C12H19NO2S. The monoisotopic (exact) mass is 241 g/mol. The highest BCUT2D eigenvalue weighted by Gasteiger charge is 2.34. The van der Waals surface area contributed by atoms with Crippen LogP contribution in [0, 0.1) is 5.92 Å². The summed E-state index contributed by atoms with van der Waals surface area (Å²) in [5.41, 5.74) is 0. The molecule has 0 spiro atoms. The summed E-state index contributed by atoms with van der Waals surface area (Å²) in [6, 6.07) is -0.0964. The molecule has 2 aliphatic rings. The van der Waals surface area contributed by atoms with Crippen LogP contribution < -0.4 is 5.32 Å². The number of esters is 1. The van der Waals surface area contributed by atoms with Crippen LogP contribution in [0.1, 0.15) is 26.2 Å². The minimum Gasteiger partial charge on any atom is -0.465 e.